The normalized spacial score (nSPS) is 12.7. The number of ketones is 1. The summed E-state index contributed by atoms with van der Waals surface area (Å²) in [5.74, 6) is -5.20. The summed E-state index contributed by atoms with van der Waals surface area (Å²) in [5, 5.41) is 1.89. The summed E-state index contributed by atoms with van der Waals surface area (Å²) in [7, 11) is -3.11. The molecule has 0 saturated carbocycles. The first kappa shape index (κ1) is 20.7. The largest absolute Gasteiger partial charge is 0.573 e. The summed E-state index contributed by atoms with van der Waals surface area (Å²) in [6.07, 6.45) is -3.85. The topological polar surface area (TPSA) is 86.8 Å². The summed E-state index contributed by atoms with van der Waals surface area (Å²) < 4.78 is 88.5. The molecule has 1 aromatic heterocycles. The number of amides is 1. The van der Waals surface area contributed by atoms with E-state index in [9.17, 15) is 27.2 Å². The lowest BCUT2D eigenvalue weighted by molar-refractivity contribution is -0.274. The Hall–Kier alpha value is -3.86. The van der Waals surface area contributed by atoms with Gasteiger partial charge in [-0.2, -0.15) is 0 Å². The lowest BCUT2D eigenvalue weighted by atomic mass is 10.1. The van der Waals surface area contributed by atoms with E-state index in [0.29, 0.717) is 6.07 Å². The van der Waals surface area contributed by atoms with Gasteiger partial charge in [0, 0.05) is 24.9 Å². The second kappa shape index (κ2) is 9.96. The number of anilines is 1. The Labute approximate surface area is 199 Å². The van der Waals surface area contributed by atoms with Gasteiger partial charge in [-0.15, -0.1) is 13.2 Å². The van der Waals surface area contributed by atoms with Crippen LogP contribution in [0.5, 0.6) is 23.0 Å². The van der Waals surface area contributed by atoms with Crippen molar-refractivity contribution in [2.75, 3.05) is 12.4 Å². The fourth-order valence-electron chi connectivity index (χ4n) is 2.69. The minimum Gasteiger partial charge on any atom is -0.493 e. The highest BCUT2D eigenvalue weighted by molar-refractivity contribution is 6.31. The van der Waals surface area contributed by atoms with Gasteiger partial charge in [-0.1, -0.05) is 11.6 Å². The first-order valence-corrected chi connectivity index (χ1v) is 9.54. The van der Waals surface area contributed by atoms with Gasteiger partial charge in [-0.3, -0.25) is 14.6 Å². The van der Waals surface area contributed by atoms with Crippen LogP contribution in [0.4, 0.5) is 23.2 Å². The number of ether oxygens (including phenoxy) is 3. The highest BCUT2D eigenvalue weighted by Crippen LogP contribution is 2.38. The van der Waals surface area contributed by atoms with Gasteiger partial charge in [-0.05, 0) is 36.4 Å². The van der Waals surface area contributed by atoms with Crippen molar-refractivity contribution in [1.82, 2.24) is 4.98 Å². The molecule has 0 fully saturated rings. The van der Waals surface area contributed by atoms with E-state index in [1.807, 2.05) is 0 Å². The maximum Gasteiger partial charge on any atom is 0.573 e. The zero-order chi connectivity index (χ0) is 27.5. The Morgan fingerprint density at radius 1 is 1.09 bits per heavy atom. The Morgan fingerprint density at radius 2 is 1.82 bits per heavy atom. The quantitative estimate of drug-likeness (QED) is 0.314. The second-order valence-electron chi connectivity index (χ2n) is 6.54. The molecule has 1 heterocycles. The zero-order valence-corrected chi connectivity index (χ0v) is 17.8. The third kappa shape index (κ3) is 5.93. The van der Waals surface area contributed by atoms with Crippen molar-refractivity contribution in [2.45, 2.75) is 13.3 Å². The van der Waals surface area contributed by atoms with Gasteiger partial charge >= 0.3 is 6.36 Å². The molecule has 0 aliphatic carbocycles. The van der Waals surface area contributed by atoms with Gasteiger partial charge in [0.25, 0.3) is 5.91 Å². The van der Waals surface area contributed by atoms with Crippen molar-refractivity contribution < 1.29 is 45.5 Å². The maximum absolute atomic E-state index is 14.9. The van der Waals surface area contributed by atoms with E-state index in [4.69, 9.17) is 25.2 Å². The van der Waals surface area contributed by atoms with Crippen LogP contribution in [-0.2, 0) is 0 Å². The van der Waals surface area contributed by atoms with Gasteiger partial charge in [0.05, 0.1) is 16.2 Å². The van der Waals surface area contributed by atoms with E-state index in [1.54, 1.807) is 0 Å². The Kier molecular flexibility index (Phi) is 6.07. The van der Waals surface area contributed by atoms with E-state index in [2.05, 4.69) is 15.0 Å². The third-order valence-corrected chi connectivity index (χ3v) is 4.43. The van der Waals surface area contributed by atoms with Crippen LogP contribution < -0.4 is 19.5 Å². The number of Topliss-reactive ketones (excluding diaryl/α,β-unsaturated/α-hetero) is 1. The van der Waals surface area contributed by atoms with Crippen LogP contribution >= 0.6 is 11.6 Å². The minimum atomic E-state index is -5.08. The van der Waals surface area contributed by atoms with E-state index in [0.717, 1.165) is 24.3 Å². The van der Waals surface area contributed by atoms with Gasteiger partial charge in [0.1, 0.15) is 22.8 Å². The summed E-state index contributed by atoms with van der Waals surface area (Å²) >= 11 is 5.82. The van der Waals surface area contributed by atoms with Crippen LogP contribution in [0.2, 0.25) is 5.02 Å². The number of nitrogens with zero attached hydrogens (tertiary/aromatic N) is 1. The number of carbonyl (C=O) groups is 2. The number of halogens is 5. The number of alkyl halides is 3. The molecule has 0 atom stereocenters. The number of nitrogens with one attached hydrogen (secondary N) is 1. The van der Waals surface area contributed by atoms with Crippen LogP contribution in [0.15, 0.2) is 48.7 Å². The molecule has 34 heavy (non-hydrogen) atoms. The first-order valence-electron chi connectivity index (χ1n) is 10.7. The molecular formula is C22H15ClF4N2O5. The van der Waals surface area contributed by atoms with E-state index in [-0.39, 0.29) is 11.4 Å². The van der Waals surface area contributed by atoms with Crippen molar-refractivity contribution in [3.63, 3.8) is 0 Å². The van der Waals surface area contributed by atoms with Gasteiger partial charge in [0.15, 0.2) is 23.1 Å². The minimum absolute atomic E-state index is 0.0217. The molecule has 0 unspecified atom stereocenters. The van der Waals surface area contributed by atoms with E-state index < -0.39 is 64.5 Å². The molecule has 3 aromatic rings. The number of rotatable bonds is 7. The molecule has 1 N–H and O–H groups in total. The number of benzene rings is 2. The Bertz CT molecular complexity index is 1350. The van der Waals surface area contributed by atoms with Crippen LogP contribution in [0, 0.1) is 5.82 Å². The van der Waals surface area contributed by atoms with Gasteiger partial charge in [-0.25, -0.2) is 4.39 Å². The summed E-state index contributed by atoms with van der Waals surface area (Å²) in [6, 6.07) is 6.95. The maximum atomic E-state index is 14.9. The van der Waals surface area contributed by atoms with E-state index in [1.165, 1.54) is 25.3 Å². The Balaban J connectivity index is 2.01. The number of aromatic nitrogens is 1. The number of methoxy groups -OCH3 is 1. The molecule has 2 aromatic carbocycles. The van der Waals surface area contributed by atoms with Crippen LogP contribution in [0.3, 0.4) is 0 Å². The van der Waals surface area contributed by atoms with Crippen LogP contribution in [0.1, 0.15) is 31.9 Å². The molecule has 3 rings (SSSR count). The molecule has 0 aliphatic rings. The average molecular weight is 502 g/mol. The lowest BCUT2D eigenvalue weighted by Crippen LogP contribution is -2.17. The van der Waals surface area contributed by atoms with Crippen LogP contribution in [-0.4, -0.2) is 30.1 Å². The number of hydrogen-bond donors (Lipinski definition) is 1. The van der Waals surface area contributed by atoms with Crippen LogP contribution in [0.25, 0.3) is 0 Å². The molecule has 0 saturated heterocycles. The number of pyridine rings is 1. The van der Waals surface area contributed by atoms with E-state index >= 15 is 0 Å². The molecule has 7 nitrogen and oxygen atoms in total. The average Bonchev–Trinajstić information content (AvgIpc) is 2.76. The highest BCUT2D eigenvalue weighted by Gasteiger charge is 2.31. The molecule has 12 heteroatoms. The molecule has 0 bridgehead atoms. The summed E-state index contributed by atoms with van der Waals surface area (Å²) in [4.78, 5) is 28.3. The van der Waals surface area contributed by atoms with Crippen molar-refractivity contribution in [3.05, 3.63) is 70.8 Å². The summed E-state index contributed by atoms with van der Waals surface area (Å²) in [5.41, 5.74) is -0.631. The molecule has 0 spiro atoms. The van der Waals surface area contributed by atoms with Crippen molar-refractivity contribution >= 4 is 29.0 Å². The first-order chi connectivity index (χ1) is 17.1. The van der Waals surface area contributed by atoms with Crippen molar-refractivity contribution in [2.24, 2.45) is 0 Å². The number of hydrogen-bond acceptors (Lipinski definition) is 6. The fraction of sp³-hybridized carbons (Fsp3) is 0.136. The molecule has 1 amide bonds. The fourth-order valence-corrected chi connectivity index (χ4v) is 2.85. The zero-order valence-electron chi connectivity index (χ0n) is 20.0. The predicted octanol–water partition coefficient (Wildman–Crippen LogP) is 6.03. The smallest absolute Gasteiger partial charge is 0.493 e. The monoisotopic (exact) mass is 501 g/mol. The highest BCUT2D eigenvalue weighted by atomic mass is 35.5. The number of carbonyl (C=O) groups excluding carboxylic acids is 2. The third-order valence-electron chi connectivity index (χ3n) is 4.14. The molecule has 0 aliphatic heterocycles. The molecular weight excluding hydrogens is 484 g/mol. The van der Waals surface area contributed by atoms with Gasteiger partial charge in [0.2, 0.25) is 0 Å². The van der Waals surface area contributed by atoms with Gasteiger partial charge < -0.3 is 19.5 Å². The molecule has 0 radical (unpaired) electrons. The van der Waals surface area contributed by atoms with Crippen molar-refractivity contribution in [1.29, 1.82) is 0 Å². The van der Waals surface area contributed by atoms with Crippen molar-refractivity contribution in [3.8, 4) is 23.0 Å². The summed E-state index contributed by atoms with van der Waals surface area (Å²) in [6.45, 7) is 1.25. The lowest BCUT2D eigenvalue weighted by Gasteiger charge is -2.16. The standard InChI is InChI=1S/C22H15ClF4N2O5/c1-11(30)15-9-12(7-8-28-15)29-21(31)19-17(6-4-14(23)20(19)24)33-16-5-3-13(10-18(16)32-2)34-22(25,26)27/h3-10H,1-2H3,(H,28,29,31)/i2D3. The Morgan fingerprint density at radius 3 is 2.50 bits per heavy atom. The predicted molar refractivity (Wildman–Crippen MR) is 113 cm³/mol. The molecule has 178 valence electrons. The second-order valence-corrected chi connectivity index (χ2v) is 6.94. The SMILES string of the molecule is [2H]C([2H])([2H])Oc1cc(OC(F)(F)F)ccc1Oc1ccc(Cl)c(F)c1C(=O)Nc1ccnc(C(C)=O)c1.